The largest absolute Gasteiger partial charge is 0.494 e. The van der Waals surface area contributed by atoms with Crippen molar-refractivity contribution in [2.75, 3.05) is 26.4 Å². The molecule has 0 saturated carbocycles. The van der Waals surface area contributed by atoms with Crippen LogP contribution in [-0.4, -0.2) is 37.4 Å². The van der Waals surface area contributed by atoms with Gasteiger partial charge >= 0.3 is 0 Å². The highest BCUT2D eigenvalue weighted by Gasteiger charge is 2.14. The minimum Gasteiger partial charge on any atom is -0.494 e. The summed E-state index contributed by atoms with van der Waals surface area (Å²) in [5.74, 6) is 0.729. The van der Waals surface area contributed by atoms with Crippen LogP contribution in [0.3, 0.4) is 0 Å². The summed E-state index contributed by atoms with van der Waals surface area (Å²) in [6, 6.07) is 15.5. The van der Waals surface area contributed by atoms with Gasteiger partial charge in [0.05, 0.1) is 32.3 Å². The summed E-state index contributed by atoms with van der Waals surface area (Å²) in [6.45, 7) is 5.11. The fourth-order valence-corrected chi connectivity index (χ4v) is 2.57. The Bertz CT molecular complexity index is 667. The number of aryl methyl sites for hydroxylation is 1. The third-order valence-corrected chi connectivity index (χ3v) is 3.94. The molecule has 0 heterocycles. The predicted molar refractivity (Wildman–Crippen MR) is 101 cm³/mol. The normalized spacial score (nSPS) is 11.8. The van der Waals surface area contributed by atoms with Crippen molar-refractivity contribution in [2.24, 2.45) is 0 Å². The molecule has 2 aromatic rings. The van der Waals surface area contributed by atoms with Gasteiger partial charge in [-0.15, -0.1) is 0 Å². The number of carbonyl (C=O) groups is 1. The monoisotopic (exact) mass is 357 g/mol. The van der Waals surface area contributed by atoms with Crippen LogP contribution in [0.5, 0.6) is 5.75 Å². The molecular weight excluding hydrogens is 330 g/mol. The molecule has 0 aliphatic rings. The zero-order valence-electron chi connectivity index (χ0n) is 15.4. The molecule has 0 spiro atoms. The van der Waals surface area contributed by atoms with Gasteiger partial charge in [-0.3, -0.25) is 4.79 Å². The average Bonchev–Trinajstić information content (AvgIpc) is 2.65. The van der Waals surface area contributed by atoms with Crippen LogP contribution in [0.4, 0.5) is 0 Å². The molecule has 2 rings (SSSR count). The number of hydrogen-bond donors (Lipinski definition) is 2. The van der Waals surface area contributed by atoms with Gasteiger partial charge in [-0.05, 0) is 37.1 Å². The van der Waals surface area contributed by atoms with Crippen molar-refractivity contribution in [2.45, 2.75) is 26.4 Å². The summed E-state index contributed by atoms with van der Waals surface area (Å²) in [5, 5.41) is 11.9. The Hall–Kier alpha value is -2.37. The minimum absolute atomic E-state index is 0.0531. The van der Waals surface area contributed by atoms with Crippen molar-refractivity contribution >= 4 is 5.91 Å². The molecule has 1 amide bonds. The predicted octanol–water partition coefficient (Wildman–Crippen LogP) is 2.80. The molecule has 0 aliphatic heterocycles. The van der Waals surface area contributed by atoms with Crippen molar-refractivity contribution in [3.05, 3.63) is 65.2 Å². The molecule has 26 heavy (non-hydrogen) atoms. The molecule has 0 aromatic heterocycles. The molecule has 0 fully saturated rings. The molecule has 1 unspecified atom stereocenters. The van der Waals surface area contributed by atoms with Gasteiger partial charge in [0.2, 0.25) is 5.91 Å². The van der Waals surface area contributed by atoms with Crippen LogP contribution in [0.1, 0.15) is 29.7 Å². The zero-order valence-corrected chi connectivity index (χ0v) is 15.4. The van der Waals surface area contributed by atoms with Crippen molar-refractivity contribution < 1.29 is 19.4 Å². The second-order valence-corrected chi connectivity index (χ2v) is 6.05. The number of benzene rings is 2. The van der Waals surface area contributed by atoms with E-state index in [0.717, 1.165) is 22.4 Å². The van der Waals surface area contributed by atoms with Crippen LogP contribution in [-0.2, 0) is 16.0 Å². The van der Waals surface area contributed by atoms with Crippen molar-refractivity contribution in [1.82, 2.24) is 5.32 Å². The number of aliphatic hydroxyl groups is 1. The van der Waals surface area contributed by atoms with Gasteiger partial charge in [-0.2, -0.15) is 0 Å². The van der Waals surface area contributed by atoms with Crippen LogP contribution < -0.4 is 10.1 Å². The van der Waals surface area contributed by atoms with Crippen LogP contribution in [0.15, 0.2) is 48.5 Å². The maximum Gasteiger partial charge on any atom is 0.224 e. The molecular formula is C21H27NO4. The lowest BCUT2D eigenvalue weighted by molar-refractivity contribution is -0.121. The number of ether oxygens (including phenoxy) is 2. The summed E-state index contributed by atoms with van der Waals surface area (Å²) in [4.78, 5) is 12.2. The molecule has 2 N–H and O–H groups in total. The molecule has 0 bridgehead atoms. The highest BCUT2D eigenvalue weighted by atomic mass is 16.5. The van der Waals surface area contributed by atoms with E-state index in [9.17, 15) is 4.79 Å². The fourth-order valence-electron chi connectivity index (χ4n) is 2.57. The van der Waals surface area contributed by atoms with Gasteiger partial charge < -0.3 is 19.9 Å². The number of rotatable bonds is 10. The number of hydrogen-bond acceptors (Lipinski definition) is 4. The van der Waals surface area contributed by atoms with E-state index in [2.05, 4.69) is 5.32 Å². The Balaban J connectivity index is 1.90. The molecule has 0 radical (unpaired) electrons. The number of nitrogens with one attached hydrogen (secondary N) is 1. The topological polar surface area (TPSA) is 67.8 Å². The molecule has 2 aromatic carbocycles. The van der Waals surface area contributed by atoms with Gasteiger partial charge in [0.25, 0.3) is 0 Å². The van der Waals surface area contributed by atoms with Crippen LogP contribution >= 0.6 is 0 Å². The van der Waals surface area contributed by atoms with E-state index in [4.69, 9.17) is 14.6 Å². The third kappa shape index (κ3) is 6.50. The van der Waals surface area contributed by atoms with Gasteiger partial charge in [0, 0.05) is 6.54 Å². The van der Waals surface area contributed by atoms with E-state index in [0.29, 0.717) is 19.6 Å². The minimum atomic E-state index is -0.285. The molecule has 5 heteroatoms. The standard InChI is InChI=1S/C21H27NO4/c1-3-25-19-10-6-17(7-11-19)14-21(24)22-15-20(26-13-12-23)18-8-4-16(2)5-9-18/h4-11,20,23H,3,12-15H2,1-2H3,(H,22,24). The lowest BCUT2D eigenvalue weighted by Crippen LogP contribution is -2.31. The third-order valence-electron chi connectivity index (χ3n) is 3.94. The maximum absolute atomic E-state index is 12.2. The summed E-state index contributed by atoms with van der Waals surface area (Å²) in [7, 11) is 0. The average molecular weight is 357 g/mol. The molecule has 1 atom stereocenters. The maximum atomic E-state index is 12.2. The highest BCUT2D eigenvalue weighted by molar-refractivity contribution is 5.78. The highest BCUT2D eigenvalue weighted by Crippen LogP contribution is 2.17. The summed E-state index contributed by atoms with van der Waals surface area (Å²) >= 11 is 0. The van der Waals surface area contributed by atoms with Gasteiger partial charge in [0.15, 0.2) is 0 Å². The SMILES string of the molecule is CCOc1ccc(CC(=O)NCC(OCCO)c2ccc(C)cc2)cc1. The number of amides is 1. The summed E-state index contributed by atoms with van der Waals surface area (Å²) < 4.78 is 11.1. The molecule has 0 aliphatic carbocycles. The second-order valence-electron chi connectivity index (χ2n) is 6.05. The second kappa shape index (κ2) is 10.6. The lowest BCUT2D eigenvalue weighted by Gasteiger charge is -2.19. The zero-order chi connectivity index (χ0) is 18.8. The van der Waals surface area contributed by atoms with Gasteiger partial charge in [-0.25, -0.2) is 0 Å². The molecule has 140 valence electrons. The Morgan fingerprint density at radius 1 is 1.12 bits per heavy atom. The van der Waals surface area contributed by atoms with E-state index in [-0.39, 0.29) is 25.2 Å². The molecule has 0 saturated heterocycles. The Morgan fingerprint density at radius 2 is 1.81 bits per heavy atom. The first-order valence-corrected chi connectivity index (χ1v) is 8.89. The Morgan fingerprint density at radius 3 is 2.42 bits per heavy atom. The number of aliphatic hydroxyl groups excluding tert-OH is 1. The summed E-state index contributed by atoms with van der Waals surface area (Å²) in [5.41, 5.74) is 3.06. The van der Waals surface area contributed by atoms with E-state index >= 15 is 0 Å². The smallest absolute Gasteiger partial charge is 0.224 e. The first-order chi connectivity index (χ1) is 12.6. The van der Waals surface area contributed by atoms with Gasteiger partial charge in [-0.1, -0.05) is 42.0 Å². The first-order valence-electron chi connectivity index (χ1n) is 8.89. The van der Waals surface area contributed by atoms with Crippen molar-refractivity contribution in [3.8, 4) is 5.75 Å². The first kappa shape index (κ1) is 19.9. The Kier molecular flexibility index (Phi) is 8.12. The van der Waals surface area contributed by atoms with Crippen LogP contribution in [0, 0.1) is 6.92 Å². The Labute approximate surface area is 155 Å². The van der Waals surface area contributed by atoms with E-state index in [1.54, 1.807) is 0 Å². The quantitative estimate of drug-likeness (QED) is 0.686. The van der Waals surface area contributed by atoms with E-state index < -0.39 is 0 Å². The van der Waals surface area contributed by atoms with Gasteiger partial charge in [0.1, 0.15) is 5.75 Å². The van der Waals surface area contributed by atoms with Crippen molar-refractivity contribution in [1.29, 1.82) is 0 Å². The number of carbonyl (C=O) groups excluding carboxylic acids is 1. The fraction of sp³-hybridized carbons (Fsp3) is 0.381. The van der Waals surface area contributed by atoms with Crippen molar-refractivity contribution in [3.63, 3.8) is 0 Å². The molecule has 5 nitrogen and oxygen atoms in total. The lowest BCUT2D eigenvalue weighted by atomic mass is 10.1. The summed E-state index contributed by atoms with van der Waals surface area (Å²) in [6.07, 6.45) is 0.0135. The van der Waals surface area contributed by atoms with Crippen LogP contribution in [0.2, 0.25) is 0 Å². The van der Waals surface area contributed by atoms with Crippen LogP contribution in [0.25, 0.3) is 0 Å². The van der Waals surface area contributed by atoms with E-state index in [1.165, 1.54) is 0 Å². The van der Waals surface area contributed by atoms with E-state index in [1.807, 2.05) is 62.4 Å².